The molecule has 1 atom stereocenters. The number of rotatable bonds is 4. The fourth-order valence-corrected chi connectivity index (χ4v) is 2.73. The minimum atomic E-state index is 0.736. The molecule has 0 N–H and O–H groups in total. The SMILES string of the molecule is CCC(C)N1CCN(Cc2ccc(Br)cc2)CC1. The number of halogens is 1. The molecule has 1 aliphatic heterocycles. The van der Waals surface area contributed by atoms with Crippen molar-refractivity contribution in [3.8, 4) is 0 Å². The first kappa shape index (κ1) is 14.0. The van der Waals surface area contributed by atoms with Crippen molar-refractivity contribution in [2.45, 2.75) is 32.9 Å². The van der Waals surface area contributed by atoms with Crippen molar-refractivity contribution in [1.82, 2.24) is 9.80 Å². The first-order valence-corrected chi connectivity index (χ1v) is 7.69. The molecule has 0 amide bonds. The predicted molar refractivity (Wildman–Crippen MR) is 80.7 cm³/mol. The van der Waals surface area contributed by atoms with Gasteiger partial charge >= 0.3 is 0 Å². The maximum Gasteiger partial charge on any atom is 0.0234 e. The van der Waals surface area contributed by atoms with Crippen LogP contribution < -0.4 is 0 Å². The third-order valence-corrected chi connectivity index (χ3v) is 4.47. The van der Waals surface area contributed by atoms with Crippen LogP contribution in [0.1, 0.15) is 25.8 Å². The third-order valence-electron chi connectivity index (χ3n) is 3.94. The Balaban J connectivity index is 1.81. The van der Waals surface area contributed by atoms with Gasteiger partial charge in [-0.2, -0.15) is 0 Å². The summed E-state index contributed by atoms with van der Waals surface area (Å²) >= 11 is 3.48. The summed E-state index contributed by atoms with van der Waals surface area (Å²) in [6.07, 6.45) is 1.26. The highest BCUT2D eigenvalue weighted by molar-refractivity contribution is 9.10. The summed E-state index contributed by atoms with van der Waals surface area (Å²) in [6.45, 7) is 10.5. The second kappa shape index (κ2) is 6.69. The molecule has 0 radical (unpaired) electrons. The van der Waals surface area contributed by atoms with Crippen molar-refractivity contribution in [2.75, 3.05) is 26.2 Å². The van der Waals surface area contributed by atoms with Gasteiger partial charge in [-0.25, -0.2) is 0 Å². The lowest BCUT2D eigenvalue weighted by Gasteiger charge is -2.37. The van der Waals surface area contributed by atoms with Crippen LogP contribution in [0.15, 0.2) is 28.7 Å². The average molecular weight is 311 g/mol. The van der Waals surface area contributed by atoms with Crippen LogP contribution in [0.5, 0.6) is 0 Å². The van der Waals surface area contributed by atoms with E-state index in [1.807, 2.05) is 0 Å². The molecule has 100 valence electrons. The van der Waals surface area contributed by atoms with E-state index in [1.165, 1.54) is 38.2 Å². The first-order valence-electron chi connectivity index (χ1n) is 6.90. The highest BCUT2D eigenvalue weighted by atomic mass is 79.9. The second-order valence-corrected chi connectivity index (χ2v) is 6.11. The van der Waals surface area contributed by atoms with E-state index in [9.17, 15) is 0 Å². The molecule has 0 aromatic heterocycles. The van der Waals surface area contributed by atoms with Crippen molar-refractivity contribution in [2.24, 2.45) is 0 Å². The number of hydrogen-bond acceptors (Lipinski definition) is 2. The molecular formula is C15H23BrN2. The minimum absolute atomic E-state index is 0.736. The van der Waals surface area contributed by atoms with Crippen molar-refractivity contribution < 1.29 is 0 Å². The van der Waals surface area contributed by atoms with Crippen LogP contribution in [0, 0.1) is 0 Å². The molecule has 18 heavy (non-hydrogen) atoms. The predicted octanol–water partition coefficient (Wildman–Crippen LogP) is 3.37. The second-order valence-electron chi connectivity index (χ2n) is 5.20. The van der Waals surface area contributed by atoms with E-state index < -0.39 is 0 Å². The zero-order valence-electron chi connectivity index (χ0n) is 11.4. The van der Waals surface area contributed by atoms with E-state index in [2.05, 4.69) is 63.8 Å². The summed E-state index contributed by atoms with van der Waals surface area (Å²) in [5.41, 5.74) is 1.41. The lowest BCUT2D eigenvalue weighted by atomic mass is 10.1. The molecule has 2 nitrogen and oxygen atoms in total. The zero-order valence-corrected chi connectivity index (χ0v) is 13.0. The topological polar surface area (TPSA) is 6.48 Å². The third kappa shape index (κ3) is 3.81. The van der Waals surface area contributed by atoms with Crippen molar-refractivity contribution in [1.29, 1.82) is 0 Å². The van der Waals surface area contributed by atoms with Gasteiger partial charge in [-0.1, -0.05) is 35.0 Å². The number of hydrogen-bond donors (Lipinski definition) is 0. The Morgan fingerprint density at radius 1 is 1.11 bits per heavy atom. The van der Waals surface area contributed by atoms with Crippen molar-refractivity contribution in [3.05, 3.63) is 34.3 Å². The molecule has 1 heterocycles. The van der Waals surface area contributed by atoms with Crippen LogP contribution in [-0.4, -0.2) is 42.0 Å². The fraction of sp³-hybridized carbons (Fsp3) is 0.600. The molecule has 1 aliphatic rings. The molecule has 1 fully saturated rings. The van der Waals surface area contributed by atoms with Crippen LogP contribution in [0.3, 0.4) is 0 Å². The largest absolute Gasteiger partial charge is 0.298 e. The van der Waals surface area contributed by atoms with Gasteiger partial charge in [0, 0.05) is 43.2 Å². The van der Waals surface area contributed by atoms with Gasteiger partial charge in [0.1, 0.15) is 0 Å². The lowest BCUT2D eigenvalue weighted by Crippen LogP contribution is -2.48. The van der Waals surface area contributed by atoms with Gasteiger partial charge in [0.25, 0.3) is 0 Å². The highest BCUT2D eigenvalue weighted by Crippen LogP contribution is 2.14. The van der Waals surface area contributed by atoms with Crippen LogP contribution in [0.2, 0.25) is 0 Å². The van der Waals surface area contributed by atoms with E-state index >= 15 is 0 Å². The summed E-state index contributed by atoms with van der Waals surface area (Å²) in [4.78, 5) is 5.17. The van der Waals surface area contributed by atoms with Gasteiger partial charge in [-0.15, -0.1) is 0 Å². The Hall–Kier alpha value is -0.380. The zero-order chi connectivity index (χ0) is 13.0. The summed E-state index contributed by atoms with van der Waals surface area (Å²) in [5, 5.41) is 0. The Labute approximate surface area is 119 Å². The van der Waals surface area contributed by atoms with Gasteiger partial charge < -0.3 is 0 Å². The van der Waals surface area contributed by atoms with Crippen LogP contribution in [-0.2, 0) is 6.54 Å². The summed E-state index contributed by atoms with van der Waals surface area (Å²) in [5.74, 6) is 0. The number of piperazine rings is 1. The van der Waals surface area contributed by atoms with Gasteiger partial charge in [0.15, 0.2) is 0 Å². The number of nitrogens with zero attached hydrogens (tertiary/aromatic N) is 2. The van der Waals surface area contributed by atoms with E-state index in [1.54, 1.807) is 0 Å². The van der Waals surface area contributed by atoms with E-state index in [0.717, 1.165) is 17.1 Å². The molecule has 1 saturated heterocycles. The van der Waals surface area contributed by atoms with Crippen molar-refractivity contribution in [3.63, 3.8) is 0 Å². The van der Waals surface area contributed by atoms with Gasteiger partial charge in [-0.3, -0.25) is 9.80 Å². The molecule has 2 rings (SSSR count). The summed E-state index contributed by atoms with van der Waals surface area (Å²) in [6, 6.07) is 9.42. The standard InChI is InChI=1S/C15H23BrN2/c1-3-13(2)18-10-8-17(9-11-18)12-14-4-6-15(16)7-5-14/h4-7,13H,3,8-12H2,1-2H3. The Kier molecular flexibility index (Phi) is 5.22. The Morgan fingerprint density at radius 2 is 1.72 bits per heavy atom. The number of benzene rings is 1. The van der Waals surface area contributed by atoms with E-state index in [0.29, 0.717) is 0 Å². The normalized spacial score (nSPS) is 19.9. The fourth-order valence-electron chi connectivity index (χ4n) is 2.47. The maximum absolute atomic E-state index is 3.48. The van der Waals surface area contributed by atoms with Crippen molar-refractivity contribution >= 4 is 15.9 Å². The van der Waals surface area contributed by atoms with E-state index in [-0.39, 0.29) is 0 Å². The molecule has 1 aromatic carbocycles. The molecule has 3 heteroatoms. The van der Waals surface area contributed by atoms with Gasteiger partial charge in [-0.05, 0) is 31.0 Å². The molecule has 0 spiro atoms. The molecule has 0 saturated carbocycles. The summed E-state index contributed by atoms with van der Waals surface area (Å²) in [7, 11) is 0. The quantitative estimate of drug-likeness (QED) is 0.841. The van der Waals surface area contributed by atoms with Crippen LogP contribution in [0.25, 0.3) is 0 Å². The van der Waals surface area contributed by atoms with Crippen LogP contribution >= 0.6 is 15.9 Å². The van der Waals surface area contributed by atoms with Gasteiger partial charge in [0.05, 0.1) is 0 Å². The van der Waals surface area contributed by atoms with Gasteiger partial charge in [0.2, 0.25) is 0 Å². The van der Waals surface area contributed by atoms with Crippen LogP contribution in [0.4, 0.5) is 0 Å². The Morgan fingerprint density at radius 3 is 2.28 bits per heavy atom. The monoisotopic (exact) mass is 310 g/mol. The average Bonchev–Trinajstić information content (AvgIpc) is 2.41. The maximum atomic E-state index is 3.48. The van der Waals surface area contributed by atoms with E-state index in [4.69, 9.17) is 0 Å². The molecule has 1 unspecified atom stereocenters. The Bertz CT molecular complexity index is 355. The summed E-state index contributed by atoms with van der Waals surface area (Å²) < 4.78 is 1.16. The minimum Gasteiger partial charge on any atom is -0.298 e. The molecule has 0 bridgehead atoms. The smallest absolute Gasteiger partial charge is 0.0234 e. The highest BCUT2D eigenvalue weighted by Gasteiger charge is 2.19. The first-order chi connectivity index (χ1) is 8.69. The molecule has 0 aliphatic carbocycles. The molecular weight excluding hydrogens is 288 g/mol. The lowest BCUT2D eigenvalue weighted by molar-refractivity contribution is 0.0964. The molecule has 1 aromatic rings.